The van der Waals surface area contributed by atoms with Crippen LogP contribution < -0.4 is 15.8 Å². The van der Waals surface area contributed by atoms with Gasteiger partial charge in [0.1, 0.15) is 5.75 Å². The van der Waals surface area contributed by atoms with Crippen molar-refractivity contribution in [1.82, 2.24) is 19.9 Å². The maximum atomic E-state index is 12.5. The summed E-state index contributed by atoms with van der Waals surface area (Å²) in [4.78, 5) is 26.3. The van der Waals surface area contributed by atoms with E-state index in [2.05, 4.69) is 25.3 Å². The highest BCUT2D eigenvalue weighted by atomic mass is 16.5. The fourth-order valence-electron chi connectivity index (χ4n) is 2.13. The number of hydrogen-bond donors (Lipinski definition) is 4. The van der Waals surface area contributed by atoms with Crippen LogP contribution in [0.15, 0.2) is 24.5 Å². The molecule has 8 nitrogen and oxygen atoms in total. The number of H-pyrrole nitrogens is 2. The molecule has 0 aliphatic rings. The van der Waals surface area contributed by atoms with Crippen LogP contribution >= 0.6 is 0 Å². The minimum Gasteiger partial charge on any atom is -0.491 e. The number of rotatable bonds is 4. The molecule has 0 fully saturated rings. The van der Waals surface area contributed by atoms with Gasteiger partial charge in [0.05, 0.1) is 22.7 Å². The van der Waals surface area contributed by atoms with Crippen LogP contribution in [0.25, 0.3) is 11.0 Å². The number of fused-ring (bicyclic) bond motifs is 1. The molecule has 0 aliphatic heterocycles. The smallest absolute Gasteiger partial charge is 0.260 e. The summed E-state index contributed by atoms with van der Waals surface area (Å²) < 4.78 is 5.66. The molecule has 2 heterocycles. The molecule has 1 amide bonds. The first-order valence-corrected chi connectivity index (χ1v) is 6.79. The predicted molar refractivity (Wildman–Crippen MR) is 82.8 cm³/mol. The van der Waals surface area contributed by atoms with Gasteiger partial charge in [-0.1, -0.05) is 0 Å². The van der Waals surface area contributed by atoms with Crippen molar-refractivity contribution in [1.29, 1.82) is 0 Å². The molecule has 3 aromatic rings. The van der Waals surface area contributed by atoms with Crippen LogP contribution in [0.5, 0.6) is 5.75 Å². The highest BCUT2D eigenvalue weighted by Crippen LogP contribution is 2.26. The first-order valence-electron chi connectivity index (χ1n) is 6.79. The standard InChI is InChI=1S/C14H16N6O2/c1-7(2)22-8-5-9(11-10(6-8)18-13(15)19-11)12(21)20-14-16-3-4-17-14/h3-7H,1-2H3,(H3,15,18,19)(H2,16,17,20,21). The Hall–Kier alpha value is -3.03. The zero-order valence-electron chi connectivity index (χ0n) is 12.2. The molecule has 0 radical (unpaired) electrons. The minimum atomic E-state index is -0.335. The Labute approximate surface area is 126 Å². The van der Waals surface area contributed by atoms with Crippen molar-refractivity contribution in [2.45, 2.75) is 20.0 Å². The Morgan fingerprint density at radius 3 is 2.91 bits per heavy atom. The van der Waals surface area contributed by atoms with E-state index in [1.54, 1.807) is 24.5 Å². The lowest BCUT2D eigenvalue weighted by Gasteiger charge is -2.11. The second-order valence-electron chi connectivity index (χ2n) is 5.05. The Morgan fingerprint density at radius 2 is 2.23 bits per heavy atom. The van der Waals surface area contributed by atoms with E-state index in [1.165, 1.54) is 0 Å². The summed E-state index contributed by atoms with van der Waals surface area (Å²) in [5.41, 5.74) is 7.20. The van der Waals surface area contributed by atoms with E-state index < -0.39 is 0 Å². The van der Waals surface area contributed by atoms with E-state index in [4.69, 9.17) is 10.5 Å². The first kappa shape index (κ1) is 13.9. The van der Waals surface area contributed by atoms with Gasteiger partial charge in [-0.25, -0.2) is 9.97 Å². The number of aromatic amines is 2. The number of nitrogens with two attached hydrogens (primary N) is 1. The molecule has 1 aromatic carbocycles. The number of ether oxygens (including phenoxy) is 1. The van der Waals surface area contributed by atoms with Gasteiger partial charge in [0.15, 0.2) is 5.95 Å². The average Bonchev–Trinajstić information content (AvgIpc) is 3.05. The molecule has 0 unspecified atom stereocenters. The largest absolute Gasteiger partial charge is 0.491 e. The zero-order valence-corrected chi connectivity index (χ0v) is 12.2. The lowest BCUT2D eigenvalue weighted by atomic mass is 10.1. The van der Waals surface area contributed by atoms with Crippen LogP contribution in [0.3, 0.4) is 0 Å². The van der Waals surface area contributed by atoms with Crippen LogP contribution in [-0.4, -0.2) is 31.9 Å². The highest BCUT2D eigenvalue weighted by Gasteiger charge is 2.17. The highest BCUT2D eigenvalue weighted by molar-refractivity contribution is 6.11. The van der Waals surface area contributed by atoms with Crippen molar-refractivity contribution >= 4 is 28.8 Å². The number of aromatic nitrogens is 4. The second kappa shape index (κ2) is 5.40. The molecule has 0 spiro atoms. The number of anilines is 2. The van der Waals surface area contributed by atoms with Crippen molar-refractivity contribution in [2.75, 3.05) is 11.1 Å². The van der Waals surface area contributed by atoms with E-state index >= 15 is 0 Å². The van der Waals surface area contributed by atoms with Gasteiger partial charge in [0, 0.05) is 18.5 Å². The van der Waals surface area contributed by atoms with Crippen LogP contribution in [0.1, 0.15) is 24.2 Å². The van der Waals surface area contributed by atoms with E-state index in [0.717, 1.165) is 0 Å². The number of hydrogen-bond acceptors (Lipinski definition) is 5. The van der Waals surface area contributed by atoms with Crippen molar-refractivity contribution in [3.63, 3.8) is 0 Å². The molecule has 0 bridgehead atoms. The molecule has 5 N–H and O–H groups in total. The normalized spacial score (nSPS) is 11.0. The van der Waals surface area contributed by atoms with E-state index in [0.29, 0.717) is 28.3 Å². The summed E-state index contributed by atoms with van der Waals surface area (Å²) in [7, 11) is 0. The number of nitrogens with zero attached hydrogens (tertiary/aromatic N) is 2. The van der Waals surface area contributed by atoms with Gasteiger partial charge < -0.3 is 20.4 Å². The number of carbonyl (C=O) groups excluding carboxylic acids is 1. The maximum absolute atomic E-state index is 12.5. The van der Waals surface area contributed by atoms with Crippen LogP contribution in [-0.2, 0) is 0 Å². The lowest BCUT2D eigenvalue weighted by molar-refractivity contribution is 0.102. The van der Waals surface area contributed by atoms with Gasteiger partial charge in [0.2, 0.25) is 5.95 Å². The summed E-state index contributed by atoms with van der Waals surface area (Å²) in [5.74, 6) is 0.820. The number of benzene rings is 1. The third-order valence-corrected chi connectivity index (χ3v) is 2.93. The van der Waals surface area contributed by atoms with Crippen molar-refractivity contribution in [3.8, 4) is 5.75 Å². The predicted octanol–water partition coefficient (Wildman–Crippen LogP) is 1.91. The SMILES string of the molecule is CC(C)Oc1cc(C(=O)Nc2ncc[nH]2)c2[nH]c(N)nc2c1. The zero-order chi connectivity index (χ0) is 15.7. The molecule has 0 saturated carbocycles. The molecule has 114 valence electrons. The molecule has 0 aliphatic carbocycles. The Morgan fingerprint density at radius 1 is 1.41 bits per heavy atom. The first-order chi connectivity index (χ1) is 10.5. The van der Waals surface area contributed by atoms with Crippen molar-refractivity contribution in [3.05, 3.63) is 30.1 Å². The van der Waals surface area contributed by atoms with Gasteiger partial charge in [-0.05, 0) is 19.9 Å². The fraction of sp³-hybridized carbons (Fsp3) is 0.214. The summed E-state index contributed by atoms with van der Waals surface area (Å²) in [6.07, 6.45) is 3.16. The summed E-state index contributed by atoms with van der Waals surface area (Å²) >= 11 is 0. The van der Waals surface area contributed by atoms with E-state index in [-0.39, 0.29) is 18.0 Å². The number of carbonyl (C=O) groups is 1. The van der Waals surface area contributed by atoms with Gasteiger partial charge in [-0.15, -0.1) is 0 Å². The third kappa shape index (κ3) is 2.71. The summed E-state index contributed by atoms with van der Waals surface area (Å²) in [5, 5.41) is 2.67. The van der Waals surface area contributed by atoms with Gasteiger partial charge in [0.25, 0.3) is 5.91 Å². The topological polar surface area (TPSA) is 122 Å². The summed E-state index contributed by atoms with van der Waals surface area (Å²) in [6.45, 7) is 3.82. The lowest BCUT2D eigenvalue weighted by Crippen LogP contribution is -2.14. The molecule has 8 heteroatoms. The van der Waals surface area contributed by atoms with Gasteiger partial charge in [-0.2, -0.15) is 0 Å². The molecule has 2 aromatic heterocycles. The second-order valence-corrected chi connectivity index (χ2v) is 5.05. The molecule has 0 saturated heterocycles. The fourth-order valence-corrected chi connectivity index (χ4v) is 2.13. The van der Waals surface area contributed by atoms with Crippen molar-refractivity contribution in [2.24, 2.45) is 0 Å². The van der Waals surface area contributed by atoms with Crippen LogP contribution in [0.4, 0.5) is 11.9 Å². The minimum absolute atomic E-state index is 0.0188. The number of nitrogen functional groups attached to an aromatic ring is 1. The molecule has 3 rings (SSSR count). The molecule has 22 heavy (non-hydrogen) atoms. The van der Waals surface area contributed by atoms with E-state index in [9.17, 15) is 4.79 Å². The molecular weight excluding hydrogens is 284 g/mol. The maximum Gasteiger partial charge on any atom is 0.260 e. The Kier molecular flexibility index (Phi) is 3.42. The average molecular weight is 300 g/mol. The quantitative estimate of drug-likeness (QED) is 0.586. The van der Waals surface area contributed by atoms with Gasteiger partial charge >= 0.3 is 0 Å². The number of amides is 1. The number of nitrogens with one attached hydrogen (secondary N) is 3. The Balaban J connectivity index is 2.03. The summed E-state index contributed by atoms with van der Waals surface area (Å²) in [6, 6.07) is 3.39. The number of imidazole rings is 2. The third-order valence-electron chi connectivity index (χ3n) is 2.93. The van der Waals surface area contributed by atoms with Gasteiger partial charge in [-0.3, -0.25) is 10.1 Å². The van der Waals surface area contributed by atoms with Crippen LogP contribution in [0, 0.1) is 0 Å². The van der Waals surface area contributed by atoms with Crippen LogP contribution in [0.2, 0.25) is 0 Å². The monoisotopic (exact) mass is 300 g/mol. The van der Waals surface area contributed by atoms with E-state index in [1.807, 2.05) is 13.8 Å². The molecule has 0 atom stereocenters. The Bertz CT molecular complexity index is 806. The molecular formula is C14H16N6O2. The van der Waals surface area contributed by atoms with Crippen molar-refractivity contribution < 1.29 is 9.53 Å².